The number of hydrogen-bond donors (Lipinski definition) is 0. The lowest BCUT2D eigenvalue weighted by molar-refractivity contribution is -0.0524. The largest absolute Gasteiger partial charge is 0.372 e. The molecular formula is C23H20N2O3. The van der Waals surface area contributed by atoms with Crippen molar-refractivity contribution in [1.29, 1.82) is 5.26 Å². The molecule has 2 aromatic rings. The quantitative estimate of drug-likeness (QED) is 0.665. The molecule has 1 spiro atoms. The summed E-state index contributed by atoms with van der Waals surface area (Å²) in [5.74, 6) is -0.248. The fraction of sp³-hybridized carbons (Fsp3) is 0.348. The molecule has 140 valence electrons. The number of fused-ring (bicyclic) bond motifs is 5. The minimum Gasteiger partial charge on any atom is -0.372 e. The summed E-state index contributed by atoms with van der Waals surface area (Å²) >= 11 is 0. The molecule has 0 aromatic heterocycles. The Labute approximate surface area is 163 Å². The third-order valence-electron chi connectivity index (χ3n) is 6.40. The Morgan fingerprint density at radius 2 is 1.79 bits per heavy atom. The number of carbonyl (C=O) groups is 2. The van der Waals surface area contributed by atoms with Gasteiger partial charge >= 0.3 is 0 Å². The van der Waals surface area contributed by atoms with Gasteiger partial charge in [-0.05, 0) is 44.0 Å². The van der Waals surface area contributed by atoms with Crippen LogP contribution in [0, 0.1) is 16.7 Å². The Kier molecular flexibility index (Phi) is 3.53. The highest BCUT2D eigenvalue weighted by Crippen LogP contribution is 2.51. The highest BCUT2D eigenvalue weighted by Gasteiger charge is 2.63. The second kappa shape index (κ2) is 5.76. The summed E-state index contributed by atoms with van der Waals surface area (Å²) in [5.41, 5.74) is 2.21. The van der Waals surface area contributed by atoms with Crippen LogP contribution in [0.4, 0.5) is 5.69 Å². The van der Waals surface area contributed by atoms with Gasteiger partial charge in [-0.1, -0.05) is 24.3 Å². The number of anilines is 1. The number of nitrogens with zero attached hydrogens (tertiary/aromatic N) is 2. The first kappa shape index (κ1) is 17.2. The van der Waals surface area contributed by atoms with Crippen molar-refractivity contribution < 1.29 is 14.3 Å². The molecule has 0 bridgehead atoms. The van der Waals surface area contributed by atoms with E-state index in [1.54, 1.807) is 30.3 Å². The highest BCUT2D eigenvalue weighted by molar-refractivity contribution is 6.30. The molecule has 3 atom stereocenters. The predicted octanol–water partition coefficient (Wildman–Crippen LogP) is 3.16. The SMILES string of the molecule is C[C@H]1CN2c3ccc(C#N)cc3CC3(C(=O)c4ccccc4C3=O)[C@H]2[C@@H](C)O1. The van der Waals surface area contributed by atoms with Crippen molar-refractivity contribution in [2.45, 2.75) is 38.5 Å². The summed E-state index contributed by atoms with van der Waals surface area (Å²) in [5, 5.41) is 9.34. The number of ether oxygens (including phenoxy) is 1. The summed E-state index contributed by atoms with van der Waals surface area (Å²) in [6.07, 6.45) is 0.0154. The van der Waals surface area contributed by atoms with Gasteiger partial charge in [0.15, 0.2) is 11.6 Å². The molecule has 0 amide bonds. The molecule has 2 aromatic carbocycles. The minimum atomic E-state index is -1.20. The molecule has 2 heterocycles. The number of ketones is 2. The summed E-state index contributed by atoms with van der Waals surface area (Å²) in [6.45, 7) is 4.56. The Bertz CT molecular complexity index is 1030. The van der Waals surface area contributed by atoms with Crippen LogP contribution in [-0.4, -0.2) is 36.4 Å². The number of nitriles is 1. The number of benzene rings is 2. The van der Waals surface area contributed by atoms with Crippen LogP contribution in [0.15, 0.2) is 42.5 Å². The van der Waals surface area contributed by atoms with Crippen molar-refractivity contribution in [1.82, 2.24) is 0 Å². The maximum Gasteiger partial charge on any atom is 0.180 e. The van der Waals surface area contributed by atoms with Gasteiger partial charge < -0.3 is 9.64 Å². The second-order valence-corrected chi connectivity index (χ2v) is 8.06. The zero-order valence-corrected chi connectivity index (χ0v) is 15.8. The topological polar surface area (TPSA) is 70.4 Å². The molecular weight excluding hydrogens is 352 g/mol. The molecule has 1 fully saturated rings. The molecule has 0 radical (unpaired) electrons. The lowest BCUT2D eigenvalue weighted by atomic mass is 9.65. The fourth-order valence-corrected chi connectivity index (χ4v) is 5.42. The van der Waals surface area contributed by atoms with E-state index in [9.17, 15) is 14.9 Å². The number of Topliss-reactive ketones (excluding diaryl/α,β-unsaturated/α-hetero) is 2. The van der Waals surface area contributed by atoms with Crippen LogP contribution in [0.5, 0.6) is 0 Å². The molecule has 1 saturated heterocycles. The molecule has 0 N–H and O–H groups in total. The van der Waals surface area contributed by atoms with Gasteiger partial charge in [0, 0.05) is 23.4 Å². The third-order valence-corrected chi connectivity index (χ3v) is 6.40. The average molecular weight is 372 g/mol. The first-order valence-electron chi connectivity index (χ1n) is 9.61. The van der Waals surface area contributed by atoms with E-state index in [2.05, 4.69) is 11.0 Å². The normalized spacial score (nSPS) is 27.2. The van der Waals surface area contributed by atoms with Gasteiger partial charge in [0.1, 0.15) is 5.41 Å². The molecule has 5 nitrogen and oxygen atoms in total. The van der Waals surface area contributed by atoms with Crippen LogP contribution in [0.1, 0.15) is 45.7 Å². The lowest BCUT2D eigenvalue weighted by Crippen LogP contribution is -2.67. The third kappa shape index (κ3) is 2.04. The van der Waals surface area contributed by atoms with Crippen LogP contribution < -0.4 is 4.90 Å². The molecule has 28 heavy (non-hydrogen) atoms. The zero-order valence-electron chi connectivity index (χ0n) is 15.8. The fourth-order valence-electron chi connectivity index (χ4n) is 5.42. The molecule has 0 unspecified atom stereocenters. The van der Waals surface area contributed by atoms with Crippen molar-refractivity contribution in [2.24, 2.45) is 5.41 Å². The van der Waals surface area contributed by atoms with Gasteiger partial charge in [-0.3, -0.25) is 9.59 Å². The van der Waals surface area contributed by atoms with Crippen molar-refractivity contribution in [2.75, 3.05) is 11.4 Å². The van der Waals surface area contributed by atoms with Crippen molar-refractivity contribution in [3.05, 3.63) is 64.7 Å². The van der Waals surface area contributed by atoms with E-state index < -0.39 is 5.41 Å². The molecule has 2 aliphatic heterocycles. The summed E-state index contributed by atoms with van der Waals surface area (Å²) < 4.78 is 6.10. The molecule has 5 heteroatoms. The zero-order chi connectivity index (χ0) is 19.6. The first-order valence-corrected chi connectivity index (χ1v) is 9.61. The van der Waals surface area contributed by atoms with E-state index in [4.69, 9.17) is 4.74 Å². The number of rotatable bonds is 0. The van der Waals surface area contributed by atoms with Gasteiger partial charge in [0.2, 0.25) is 0 Å². The standard InChI is InChI=1S/C23H20N2O3/c1-13-12-25-19-8-7-15(11-24)9-16(19)10-23(20(25)14(2)28-13)21(26)17-5-3-4-6-18(17)22(23)27/h3-9,13-14,20H,10,12H2,1-2H3/t13-,14+,20+/m0/s1. The van der Waals surface area contributed by atoms with Crippen LogP contribution in [0.25, 0.3) is 0 Å². The molecule has 0 saturated carbocycles. The molecule has 5 rings (SSSR count). The highest BCUT2D eigenvalue weighted by atomic mass is 16.5. The Morgan fingerprint density at radius 3 is 2.43 bits per heavy atom. The van der Waals surface area contributed by atoms with Gasteiger partial charge in [-0.15, -0.1) is 0 Å². The van der Waals surface area contributed by atoms with Crippen LogP contribution in [-0.2, 0) is 11.2 Å². The van der Waals surface area contributed by atoms with E-state index >= 15 is 0 Å². The maximum absolute atomic E-state index is 13.7. The van der Waals surface area contributed by atoms with E-state index in [0.29, 0.717) is 29.7 Å². The lowest BCUT2D eigenvalue weighted by Gasteiger charge is -2.54. The summed E-state index contributed by atoms with van der Waals surface area (Å²) in [6, 6.07) is 14.5. The monoisotopic (exact) mass is 372 g/mol. The summed E-state index contributed by atoms with van der Waals surface area (Å²) in [7, 11) is 0. The van der Waals surface area contributed by atoms with E-state index in [0.717, 1.165) is 11.3 Å². The second-order valence-electron chi connectivity index (χ2n) is 8.06. The Morgan fingerprint density at radius 1 is 1.11 bits per heavy atom. The molecule has 3 aliphatic rings. The van der Waals surface area contributed by atoms with Crippen LogP contribution in [0.2, 0.25) is 0 Å². The van der Waals surface area contributed by atoms with E-state index in [-0.39, 0.29) is 29.8 Å². The number of carbonyl (C=O) groups excluding carboxylic acids is 2. The average Bonchev–Trinajstić information content (AvgIpc) is 2.90. The van der Waals surface area contributed by atoms with Gasteiger partial charge in [0.25, 0.3) is 0 Å². The smallest absolute Gasteiger partial charge is 0.180 e. The van der Waals surface area contributed by atoms with Crippen molar-refractivity contribution in [3.63, 3.8) is 0 Å². The predicted molar refractivity (Wildman–Crippen MR) is 104 cm³/mol. The van der Waals surface area contributed by atoms with Crippen LogP contribution >= 0.6 is 0 Å². The molecule has 1 aliphatic carbocycles. The van der Waals surface area contributed by atoms with Gasteiger partial charge in [0.05, 0.1) is 29.9 Å². The van der Waals surface area contributed by atoms with E-state index in [1.807, 2.05) is 26.0 Å². The van der Waals surface area contributed by atoms with E-state index in [1.165, 1.54) is 0 Å². The Balaban J connectivity index is 1.76. The van der Waals surface area contributed by atoms with Crippen molar-refractivity contribution in [3.8, 4) is 6.07 Å². The first-order chi connectivity index (χ1) is 13.5. The number of hydrogen-bond acceptors (Lipinski definition) is 5. The minimum absolute atomic E-state index is 0.0149. The van der Waals surface area contributed by atoms with Gasteiger partial charge in [-0.2, -0.15) is 5.26 Å². The van der Waals surface area contributed by atoms with Crippen molar-refractivity contribution >= 4 is 17.3 Å². The maximum atomic E-state index is 13.7. The van der Waals surface area contributed by atoms with Gasteiger partial charge in [-0.25, -0.2) is 0 Å². The number of morpholine rings is 1. The summed E-state index contributed by atoms with van der Waals surface area (Å²) in [4.78, 5) is 29.5. The van der Waals surface area contributed by atoms with Crippen LogP contribution in [0.3, 0.4) is 0 Å². The Hall–Kier alpha value is -2.97.